The molecular weight excluding hydrogens is 364 g/mol. The van der Waals surface area contributed by atoms with Crippen molar-refractivity contribution in [3.63, 3.8) is 0 Å². The van der Waals surface area contributed by atoms with Crippen LogP contribution in [-0.2, 0) is 16.0 Å². The number of halogens is 1. The summed E-state index contributed by atoms with van der Waals surface area (Å²) in [5, 5.41) is 9.24. The van der Waals surface area contributed by atoms with Crippen molar-refractivity contribution in [3.05, 3.63) is 35.4 Å². The van der Waals surface area contributed by atoms with Gasteiger partial charge in [0.2, 0.25) is 5.91 Å². The summed E-state index contributed by atoms with van der Waals surface area (Å²) in [4.78, 5) is 27.5. The molecule has 1 N–H and O–H groups in total. The molecule has 0 saturated carbocycles. The van der Waals surface area contributed by atoms with Gasteiger partial charge in [-0.15, -0.1) is 12.4 Å². The van der Waals surface area contributed by atoms with Crippen LogP contribution in [0.15, 0.2) is 24.3 Å². The maximum atomic E-state index is 12.5. The van der Waals surface area contributed by atoms with E-state index in [0.717, 1.165) is 45.3 Å². The number of piperidine rings is 1. The highest BCUT2D eigenvalue weighted by Crippen LogP contribution is 2.24. The Hall–Kier alpha value is -1.59. The Bertz CT molecular complexity index is 627. The molecule has 1 aromatic rings. The third-order valence-electron chi connectivity index (χ3n) is 5.92. The molecule has 0 aliphatic carbocycles. The number of rotatable bonds is 6. The van der Waals surface area contributed by atoms with Gasteiger partial charge in [-0.3, -0.25) is 14.5 Å². The minimum Gasteiger partial charge on any atom is -0.480 e. The van der Waals surface area contributed by atoms with Crippen molar-refractivity contribution in [2.45, 2.75) is 51.5 Å². The van der Waals surface area contributed by atoms with E-state index in [1.807, 2.05) is 9.80 Å². The van der Waals surface area contributed by atoms with Crippen molar-refractivity contribution in [1.29, 1.82) is 0 Å². The highest BCUT2D eigenvalue weighted by Gasteiger charge is 2.33. The number of carbonyl (C=O) groups is 2. The van der Waals surface area contributed by atoms with Gasteiger partial charge < -0.3 is 10.0 Å². The fourth-order valence-electron chi connectivity index (χ4n) is 4.17. The quantitative estimate of drug-likeness (QED) is 0.805. The number of benzene rings is 1. The summed E-state index contributed by atoms with van der Waals surface area (Å²) < 4.78 is 0. The van der Waals surface area contributed by atoms with E-state index in [1.54, 1.807) is 0 Å². The van der Waals surface area contributed by atoms with Crippen LogP contribution in [0.3, 0.4) is 0 Å². The van der Waals surface area contributed by atoms with Crippen LogP contribution in [0.2, 0.25) is 0 Å². The Balaban J connectivity index is 0.00000261. The van der Waals surface area contributed by atoms with Crippen LogP contribution < -0.4 is 0 Å². The molecule has 1 unspecified atom stereocenters. The molecule has 150 valence electrons. The van der Waals surface area contributed by atoms with Gasteiger partial charge in [0, 0.05) is 13.1 Å². The molecule has 5 nitrogen and oxygen atoms in total. The van der Waals surface area contributed by atoms with Gasteiger partial charge in [-0.1, -0.05) is 29.8 Å². The number of likely N-dealkylation sites (tertiary alicyclic amines) is 2. The molecule has 27 heavy (non-hydrogen) atoms. The van der Waals surface area contributed by atoms with E-state index in [-0.39, 0.29) is 24.9 Å². The van der Waals surface area contributed by atoms with Crippen molar-refractivity contribution >= 4 is 24.3 Å². The molecular formula is C21H31ClN2O3. The summed E-state index contributed by atoms with van der Waals surface area (Å²) >= 11 is 0. The van der Waals surface area contributed by atoms with Gasteiger partial charge in [-0.25, -0.2) is 0 Å². The third kappa shape index (κ3) is 5.94. The molecule has 3 rings (SSSR count). The lowest BCUT2D eigenvalue weighted by Gasteiger charge is -2.33. The Labute approximate surface area is 168 Å². The summed E-state index contributed by atoms with van der Waals surface area (Å²) in [6.07, 6.45) is 5.92. The van der Waals surface area contributed by atoms with Crippen molar-refractivity contribution in [2.24, 2.45) is 5.92 Å². The van der Waals surface area contributed by atoms with Gasteiger partial charge in [0.05, 0.1) is 6.54 Å². The maximum Gasteiger partial charge on any atom is 0.320 e. The topological polar surface area (TPSA) is 60.9 Å². The minimum absolute atomic E-state index is 0. The normalized spacial score (nSPS) is 21.1. The van der Waals surface area contributed by atoms with E-state index in [1.165, 1.54) is 17.5 Å². The second-order valence-corrected chi connectivity index (χ2v) is 7.82. The van der Waals surface area contributed by atoms with Crippen molar-refractivity contribution in [1.82, 2.24) is 9.80 Å². The molecule has 1 aromatic carbocycles. The molecule has 1 atom stereocenters. The van der Waals surface area contributed by atoms with Gasteiger partial charge in [0.1, 0.15) is 6.04 Å². The second kappa shape index (κ2) is 10.1. The van der Waals surface area contributed by atoms with E-state index < -0.39 is 12.0 Å². The zero-order valence-corrected chi connectivity index (χ0v) is 16.9. The molecule has 2 saturated heterocycles. The lowest BCUT2D eigenvalue weighted by atomic mass is 9.90. The molecule has 0 bridgehead atoms. The Morgan fingerprint density at radius 2 is 1.74 bits per heavy atom. The zero-order chi connectivity index (χ0) is 18.5. The van der Waals surface area contributed by atoms with E-state index in [0.29, 0.717) is 12.3 Å². The summed E-state index contributed by atoms with van der Waals surface area (Å²) in [6, 6.07) is 8.27. The first-order chi connectivity index (χ1) is 12.5. The van der Waals surface area contributed by atoms with Crippen LogP contribution in [0.25, 0.3) is 0 Å². The van der Waals surface area contributed by atoms with Crippen LogP contribution in [-0.4, -0.2) is 59.0 Å². The highest BCUT2D eigenvalue weighted by molar-refractivity contribution is 5.85. The van der Waals surface area contributed by atoms with E-state index in [4.69, 9.17) is 0 Å². The fraction of sp³-hybridized carbons (Fsp3) is 0.619. The summed E-state index contributed by atoms with van der Waals surface area (Å²) in [7, 11) is 0. The molecule has 2 heterocycles. The van der Waals surface area contributed by atoms with Gasteiger partial charge >= 0.3 is 5.97 Å². The number of carboxylic acids is 1. The number of amides is 1. The number of carbonyl (C=O) groups excluding carboxylic acids is 1. The summed E-state index contributed by atoms with van der Waals surface area (Å²) in [5.74, 6) is -0.0286. The Morgan fingerprint density at radius 1 is 1.07 bits per heavy atom. The average Bonchev–Trinajstić information content (AvgIpc) is 3.10. The highest BCUT2D eigenvalue weighted by atomic mass is 35.5. The fourth-order valence-corrected chi connectivity index (χ4v) is 4.17. The summed E-state index contributed by atoms with van der Waals surface area (Å²) in [6.45, 7) is 4.70. The lowest BCUT2D eigenvalue weighted by molar-refractivity contribution is -0.143. The van der Waals surface area contributed by atoms with Gasteiger partial charge in [0.15, 0.2) is 0 Å². The first kappa shape index (κ1) is 21.7. The molecule has 0 aromatic heterocycles. The molecule has 0 spiro atoms. The number of hydrogen-bond acceptors (Lipinski definition) is 3. The molecule has 2 fully saturated rings. The zero-order valence-electron chi connectivity index (χ0n) is 16.1. The van der Waals surface area contributed by atoms with Crippen molar-refractivity contribution in [3.8, 4) is 0 Å². The number of nitrogens with zero attached hydrogens (tertiary/aromatic N) is 2. The van der Waals surface area contributed by atoms with Crippen LogP contribution >= 0.6 is 12.4 Å². The maximum absolute atomic E-state index is 12.5. The molecule has 6 heteroatoms. The Kier molecular flexibility index (Phi) is 8.11. The lowest BCUT2D eigenvalue weighted by Crippen LogP contribution is -2.46. The van der Waals surface area contributed by atoms with Crippen LogP contribution in [0.4, 0.5) is 0 Å². The van der Waals surface area contributed by atoms with Gasteiger partial charge in [-0.2, -0.15) is 0 Å². The predicted octanol–water partition coefficient (Wildman–Crippen LogP) is 3.14. The predicted molar refractivity (Wildman–Crippen MR) is 108 cm³/mol. The smallest absolute Gasteiger partial charge is 0.320 e. The number of aliphatic carboxylic acids is 1. The summed E-state index contributed by atoms with van der Waals surface area (Å²) in [5.41, 5.74) is 2.69. The van der Waals surface area contributed by atoms with Crippen LogP contribution in [0.1, 0.15) is 43.2 Å². The molecule has 2 aliphatic heterocycles. The Morgan fingerprint density at radius 3 is 2.37 bits per heavy atom. The number of hydrogen-bond donors (Lipinski definition) is 1. The minimum atomic E-state index is -0.801. The number of aryl methyl sites for hydroxylation is 2. The first-order valence-electron chi connectivity index (χ1n) is 9.83. The standard InChI is InChI=1S/C21H30N2O3.ClH/c1-16-4-6-17(7-5-16)8-9-18-10-13-22(14-11-18)20(24)15-23-12-2-3-19(23)21(25)26;/h4-7,18-19H,2-3,8-15H2,1H3,(H,25,26);1H. The van der Waals surface area contributed by atoms with Crippen LogP contribution in [0, 0.1) is 12.8 Å². The van der Waals surface area contributed by atoms with Gasteiger partial charge in [0.25, 0.3) is 0 Å². The molecule has 1 amide bonds. The van der Waals surface area contributed by atoms with E-state index >= 15 is 0 Å². The van der Waals surface area contributed by atoms with E-state index in [9.17, 15) is 14.7 Å². The van der Waals surface area contributed by atoms with Crippen molar-refractivity contribution in [2.75, 3.05) is 26.2 Å². The second-order valence-electron chi connectivity index (χ2n) is 7.82. The SMILES string of the molecule is Cc1ccc(CCC2CCN(C(=O)CN3CCCC3C(=O)O)CC2)cc1.Cl. The number of carboxylic acid groups (broad SMARTS) is 1. The largest absolute Gasteiger partial charge is 0.480 e. The molecule has 0 radical (unpaired) electrons. The van der Waals surface area contributed by atoms with Crippen molar-refractivity contribution < 1.29 is 14.7 Å². The first-order valence-corrected chi connectivity index (χ1v) is 9.83. The third-order valence-corrected chi connectivity index (χ3v) is 5.92. The molecule has 2 aliphatic rings. The monoisotopic (exact) mass is 394 g/mol. The average molecular weight is 395 g/mol. The van der Waals surface area contributed by atoms with E-state index in [2.05, 4.69) is 31.2 Å². The van der Waals surface area contributed by atoms with Gasteiger partial charge in [-0.05, 0) is 63.5 Å². The van der Waals surface area contributed by atoms with Crippen LogP contribution in [0.5, 0.6) is 0 Å².